The fourth-order valence-corrected chi connectivity index (χ4v) is 2.18. The molecule has 0 unspecified atom stereocenters. The van der Waals surface area contributed by atoms with Gasteiger partial charge in [0.1, 0.15) is 12.4 Å². The van der Waals surface area contributed by atoms with Crippen molar-refractivity contribution in [2.45, 2.75) is 13.3 Å². The molecule has 21 heavy (non-hydrogen) atoms. The lowest BCUT2D eigenvalue weighted by molar-refractivity contribution is 0.324. The molecule has 0 aliphatic rings. The van der Waals surface area contributed by atoms with Gasteiger partial charge in [0.15, 0.2) is 0 Å². The highest BCUT2D eigenvalue weighted by Crippen LogP contribution is 2.14. The Bertz CT molecular complexity index is 572. The van der Waals surface area contributed by atoms with Crippen LogP contribution in [0.4, 0.5) is 5.69 Å². The highest BCUT2D eigenvalue weighted by Gasteiger charge is 2.03. The zero-order valence-electron chi connectivity index (χ0n) is 12.3. The molecular weight excluding hydrogens is 260 g/mol. The van der Waals surface area contributed by atoms with Crippen LogP contribution in [-0.4, -0.2) is 19.7 Å². The summed E-state index contributed by atoms with van der Waals surface area (Å²) in [5, 5.41) is 8.64. The maximum absolute atomic E-state index is 8.64. The molecule has 0 saturated carbocycles. The standard InChI is InChI=1S/C18H20N2O/c1-2-20(17-6-4-3-5-7-17)14-15-21-18-10-8-16(9-11-18)12-13-19/h3-11H,2,12,14-15H2,1H3. The van der Waals surface area contributed by atoms with Crippen LogP contribution in [-0.2, 0) is 6.42 Å². The highest BCUT2D eigenvalue weighted by molar-refractivity contribution is 5.45. The monoisotopic (exact) mass is 280 g/mol. The average Bonchev–Trinajstić information content (AvgIpc) is 2.54. The van der Waals surface area contributed by atoms with Gasteiger partial charge in [-0.25, -0.2) is 0 Å². The Balaban J connectivity index is 1.84. The number of hydrogen-bond acceptors (Lipinski definition) is 3. The Morgan fingerprint density at radius 1 is 1.05 bits per heavy atom. The molecule has 0 fully saturated rings. The lowest BCUT2D eigenvalue weighted by atomic mass is 10.2. The van der Waals surface area contributed by atoms with Crippen LogP contribution in [0.15, 0.2) is 54.6 Å². The number of ether oxygens (including phenoxy) is 1. The second-order valence-electron chi connectivity index (χ2n) is 4.74. The maximum atomic E-state index is 8.64. The van der Waals surface area contributed by atoms with E-state index in [0.717, 1.165) is 24.4 Å². The van der Waals surface area contributed by atoms with Gasteiger partial charge in [-0.05, 0) is 36.8 Å². The molecule has 0 N–H and O–H groups in total. The summed E-state index contributed by atoms with van der Waals surface area (Å²) in [6, 6.07) is 20.2. The summed E-state index contributed by atoms with van der Waals surface area (Å²) in [6.07, 6.45) is 0.442. The van der Waals surface area contributed by atoms with E-state index in [-0.39, 0.29) is 0 Å². The first kappa shape index (κ1) is 14.9. The van der Waals surface area contributed by atoms with E-state index in [1.165, 1.54) is 5.69 Å². The Morgan fingerprint density at radius 2 is 1.76 bits per heavy atom. The van der Waals surface area contributed by atoms with Crippen molar-refractivity contribution in [3.05, 3.63) is 60.2 Å². The zero-order valence-corrected chi connectivity index (χ0v) is 12.3. The van der Waals surface area contributed by atoms with E-state index in [4.69, 9.17) is 10.00 Å². The number of anilines is 1. The first-order valence-corrected chi connectivity index (χ1v) is 7.22. The minimum Gasteiger partial charge on any atom is -0.492 e. The van der Waals surface area contributed by atoms with E-state index in [9.17, 15) is 0 Å². The molecule has 0 aromatic heterocycles. The molecule has 0 aliphatic heterocycles. The van der Waals surface area contributed by atoms with Crippen LogP contribution in [0.5, 0.6) is 5.75 Å². The molecule has 0 atom stereocenters. The van der Waals surface area contributed by atoms with Gasteiger partial charge in [-0.2, -0.15) is 5.26 Å². The van der Waals surface area contributed by atoms with Crippen molar-refractivity contribution in [2.75, 3.05) is 24.6 Å². The highest BCUT2D eigenvalue weighted by atomic mass is 16.5. The van der Waals surface area contributed by atoms with E-state index in [1.807, 2.05) is 42.5 Å². The zero-order chi connectivity index (χ0) is 14.9. The Morgan fingerprint density at radius 3 is 2.38 bits per heavy atom. The summed E-state index contributed by atoms with van der Waals surface area (Å²) < 4.78 is 5.77. The van der Waals surface area contributed by atoms with Crippen LogP contribution in [0, 0.1) is 11.3 Å². The van der Waals surface area contributed by atoms with Gasteiger partial charge < -0.3 is 9.64 Å². The van der Waals surface area contributed by atoms with Crippen LogP contribution in [0.25, 0.3) is 0 Å². The van der Waals surface area contributed by atoms with Crippen LogP contribution in [0.2, 0.25) is 0 Å². The first-order valence-electron chi connectivity index (χ1n) is 7.22. The second-order valence-corrected chi connectivity index (χ2v) is 4.74. The molecule has 0 spiro atoms. The molecule has 0 aliphatic carbocycles. The number of nitriles is 1. The van der Waals surface area contributed by atoms with Crippen molar-refractivity contribution in [3.8, 4) is 11.8 Å². The summed E-state index contributed by atoms with van der Waals surface area (Å²) in [4.78, 5) is 2.28. The normalized spacial score (nSPS) is 9.90. The van der Waals surface area contributed by atoms with Crippen molar-refractivity contribution in [2.24, 2.45) is 0 Å². The topological polar surface area (TPSA) is 36.3 Å². The van der Waals surface area contributed by atoms with Gasteiger partial charge in [0.25, 0.3) is 0 Å². The van der Waals surface area contributed by atoms with Crippen molar-refractivity contribution in [1.29, 1.82) is 5.26 Å². The average molecular weight is 280 g/mol. The summed E-state index contributed by atoms with van der Waals surface area (Å²) in [5.41, 5.74) is 2.23. The third-order valence-corrected chi connectivity index (χ3v) is 3.34. The summed E-state index contributed by atoms with van der Waals surface area (Å²) in [6.45, 7) is 4.58. The number of benzene rings is 2. The SMILES string of the molecule is CCN(CCOc1ccc(CC#N)cc1)c1ccccc1. The van der Waals surface area contributed by atoms with E-state index < -0.39 is 0 Å². The summed E-state index contributed by atoms with van der Waals surface area (Å²) in [5.74, 6) is 0.848. The molecule has 0 amide bonds. The summed E-state index contributed by atoms with van der Waals surface area (Å²) >= 11 is 0. The van der Waals surface area contributed by atoms with E-state index in [2.05, 4.69) is 30.0 Å². The van der Waals surface area contributed by atoms with Crippen molar-refractivity contribution in [1.82, 2.24) is 0 Å². The Hall–Kier alpha value is -2.47. The largest absolute Gasteiger partial charge is 0.492 e. The fourth-order valence-electron chi connectivity index (χ4n) is 2.18. The minimum absolute atomic E-state index is 0.442. The minimum atomic E-state index is 0.442. The quantitative estimate of drug-likeness (QED) is 0.776. The number of rotatable bonds is 7. The Labute approximate surface area is 126 Å². The van der Waals surface area contributed by atoms with E-state index >= 15 is 0 Å². The first-order chi connectivity index (χ1) is 10.3. The maximum Gasteiger partial charge on any atom is 0.119 e. The number of likely N-dealkylation sites (N-methyl/N-ethyl adjacent to an activating group) is 1. The molecule has 0 heterocycles. The van der Waals surface area contributed by atoms with Gasteiger partial charge in [0.05, 0.1) is 19.0 Å². The van der Waals surface area contributed by atoms with Crippen molar-refractivity contribution < 1.29 is 4.74 Å². The van der Waals surface area contributed by atoms with Crippen LogP contribution >= 0.6 is 0 Å². The summed E-state index contributed by atoms with van der Waals surface area (Å²) in [7, 11) is 0. The van der Waals surface area contributed by atoms with Crippen LogP contribution in [0.1, 0.15) is 12.5 Å². The van der Waals surface area contributed by atoms with Gasteiger partial charge in [0, 0.05) is 12.2 Å². The van der Waals surface area contributed by atoms with Crippen LogP contribution < -0.4 is 9.64 Å². The molecular formula is C18H20N2O. The van der Waals surface area contributed by atoms with Crippen LogP contribution in [0.3, 0.4) is 0 Å². The molecule has 0 saturated heterocycles. The molecule has 2 aromatic carbocycles. The number of nitrogens with zero attached hydrogens (tertiary/aromatic N) is 2. The predicted molar refractivity (Wildman–Crippen MR) is 85.6 cm³/mol. The Kier molecular flexibility index (Phi) is 5.66. The van der Waals surface area contributed by atoms with Gasteiger partial charge in [-0.1, -0.05) is 30.3 Å². The molecule has 2 aromatic rings. The number of hydrogen-bond donors (Lipinski definition) is 0. The number of para-hydroxylation sites is 1. The molecule has 2 rings (SSSR count). The molecule has 0 bridgehead atoms. The molecule has 3 heteroatoms. The van der Waals surface area contributed by atoms with Gasteiger partial charge in [-0.15, -0.1) is 0 Å². The lowest BCUT2D eigenvalue weighted by Gasteiger charge is -2.23. The predicted octanol–water partition coefficient (Wildman–Crippen LogP) is 3.66. The van der Waals surface area contributed by atoms with Crippen molar-refractivity contribution in [3.63, 3.8) is 0 Å². The molecule has 0 radical (unpaired) electrons. The van der Waals surface area contributed by atoms with Gasteiger partial charge in [0.2, 0.25) is 0 Å². The second kappa shape index (κ2) is 7.96. The lowest BCUT2D eigenvalue weighted by Crippen LogP contribution is -2.27. The van der Waals surface area contributed by atoms with E-state index in [1.54, 1.807) is 0 Å². The van der Waals surface area contributed by atoms with E-state index in [0.29, 0.717) is 13.0 Å². The third kappa shape index (κ3) is 4.54. The van der Waals surface area contributed by atoms with Crippen molar-refractivity contribution >= 4 is 5.69 Å². The third-order valence-electron chi connectivity index (χ3n) is 3.34. The molecule has 3 nitrogen and oxygen atoms in total. The van der Waals surface area contributed by atoms with Gasteiger partial charge >= 0.3 is 0 Å². The van der Waals surface area contributed by atoms with Gasteiger partial charge in [-0.3, -0.25) is 0 Å². The fraction of sp³-hybridized carbons (Fsp3) is 0.278. The smallest absolute Gasteiger partial charge is 0.119 e. The molecule has 108 valence electrons.